The monoisotopic (exact) mass is 404 g/mol. The van der Waals surface area contributed by atoms with Crippen molar-refractivity contribution in [2.45, 2.75) is 13.0 Å². The van der Waals surface area contributed by atoms with Crippen LogP contribution in [0.1, 0.15) is 32.7 Å². The lowest BCUT2D eigenvalue weighted by Crippen LogP contribution is -2.25. The molecule has 2 aromatic rings. The van der Waals surface area contributed by atoms with Gasteiger partial charge in [0.1, 0.15) is 0 Å². The standard InChI is InChI=1S/C19H21BrN2O3/c1-25-11-3-10-21-18(23)15-8-6-14(7-9-15)13-22-19(24)16-4-2-5-17(20)12-16/h2,4-9,12H,3,10-11,13H2,1H3,(H,21,23)(H,22,24). The smallest absolute Gasteiger partial charge is 0.251 e. The second-order valence-corrected chi connectivity index (χ2v) is 6.41. The van der Waals surface area contributed by atoms with E-state index in [1.165, 1.54) is 0 Å². The Hall–Kier alpha value is -2.18. The van der Waals surface area contributed by atoms with Gasteiger partial charge in [-0.2, -0.15) is 0 Å². The maximum absolute atomic E-state index is 12.1. The summed E-state index contributed by atoms with van der Waals surface area (Å²) in [4.78, 5) is 24.1. The van der Waals surface area contributed by atoms with Crippen LogP contribution >= 0.6 is 15.9 Å². The Labute approximate surface area is 155 Å². The molecule has 0 saturated carbocycles. The van der Waals surface area contributed by atoms with Crippen LogP contribution in [0.25, 0.3) is 0 Å². The van der Waals surface area contributed by atoms with Crippen molar-refractivity contribution in [3.05, 3.63) is 69.7 Å². The first-order valence-corrected chi connectivity index (χ1v) is 8.79. The molecule has 2 aromatic carbocycles. The Morgan fingerprint density at radius 1 is 1.00 bits per heavy atom. The topological polar surface area (TPSA) is 67.4 Å². The Morgan fingerprint density at radius 3 is 2.40 bits per heavy atom. The number of amides is 2. The van der Waals surface area contributed by atoms with Gasteiger partial charge in [0.25, 0.3) is 11.8 Å². The lowest BCUT2D eigenvalue weighted by Gasteiger charge is -2.08. The predicted molar refractivity (Wildman–Crippen MR) is 101 cm³/mol. The number of ether oxygens (including phenoxy) is 1. The zero-order valence-corrected chi connectivity index (χ0v) is 15.6. The minimum atomic E-state index is -0.138. The largest absolute Gasteiger partial charge is 0.385 e. The van der Waals surface area contributed by atoms with E-state index in [4.69, 9.17) is 4.74 Å². The maximum Gasteiger partial charge on any atom is 0.251 e. The molecule has 0 aromatic heterocycles. The van der Waals surface area contributed by atoms with Gasteiger partial charge in [-0.25, -0.2) is 0 Å². The second-order valence-electron chi connectivity index (χ2n) is 5.49. The molecule has 2 N–H and O–H groups in total. The molecule has 0 saturated heterocycles. The third-order valence-electron chi connectivity index (χ3n) is 3.57. The van der Waals surface area contributed by atoms with Crippen LogP contribution in [0.3, 0.4) is 0 Å². The van der Waals surface area contributed by atoms with E-state index >= 15 is 0 Å². The molecule has 5 nitrogen and oxygen atoms in total. The highest BCUT2D eigenvalue weighted by atomic mass is 79.9. The van der Waals surface area contributed by atoms with Crippen molar-refractivity contribution < 1.29 is 14.3 Å². The number of carbonyl (C=O) groups excluding carboxylic acids is 2. The van der Waals surface area contributed by atoms with Crippen molar-refractivity contribution in [1.82, 2.24) is 10.6 Å². The molecule has 0 radical (unpaired) electrons. The highest BCUT2D eigenvalue weighted by molar-refractivity contribution is 9.10. The minimum absolute atomic E-state index is 0.110. The average Bonchev–Trinajstić information content (AvgIpc) is 2.63. The molecule has 132 valence electrons. The van der Waals surface area contributed by atoms with Crippen molar-refractivity contribution in [2.75, 3.05) is 20.3 Å². The van der Waals surface area contributed by atoms with E-state index in [0.29, 0.717) is 30.8 Å². The summed E-state index contributed by atoms with van der Waals surface area (Å²) in [5.41, 5.74) is 2.13. The van der Waals surface area contributed by atoms with Crippen molar-refractivity contribution in [3.8, 4) is 0 Å². The molecule has 0 bridgehead atoms. The molecule has 0 aliphatic carbocycles. The molecule has 25 heavy (non-hydrogen) atoms. The summed E-state index contributed by atoms with van der Waals surface area (Å²) in [7, 11) is 1.63. The molecule has 0 atom stereocenters. The molecule has 0 aliphatic rings. The lowest BCUT2D eigenvalue weighted by atomic mass is 10.1. The van der Waals surface area contributed by atoms with E-state index in [1.807, 2.05) is 24.3 Å². The summed E-state index contributed by atoms with van der Waals surface area (Å²) in [6.07, 6.45) is 0.780. The van der Waals surface area contributed by atoms with Crippen LogP contribution in [0.5, 0.6) is 0 Å². The SMILES string of the molecule is COCCCNC(=O)c1ccc(CNC(=O)c2cccc(Br)c2)cc1. The number of nitrogens with one attached hydrogen (secondary N) is 2. The van der Waals surface area contributed by atoms with Crippen LogP contribution in [-0.4, -0.2) is 32.1 Å². The number of halogens is 1. The average molecular weight is 405 g/mol. The van der Waals surface area contributed by atoms with Gasteiger partial charge in [0, 0.05) is 42.4 Å². The molecular formula is C19H21BrN2O3. The summed E-state index contributed by atoms with van der Waals surface area (Å²) in [6, 6.07) is 14.4. The fourth-order valence-electron chi connectivity index (χ4n) is 2.21. The lowest BCUT2D eigenvalue weighted by molar-refractivity contribution is 0.0940. The first kappa shape index (κ1) is 19.1. The highest BCUT2D eigenvalue weighted by Gasteiger charge is 2.07. The van der Waals surface area contributed by atoms with E-state index in [2.05, 4.69) is 26.6 Å². The Bertz CT molecular complexity index is 717. The Morgan fingerprint density at radius 2 is 1.72 bits per heavy atom. The zero-order valence-electron chi connectivity index (χ0n) is 14.0. The van der Waals surface area contributed by atoms with Gasteiger partial charge < -0.3 is 15.4 Å². The van der Waals surface area contributed by atoms with Crippen LogP contribution in [0, 0.1) is 0 Å². The van der Waals surface area contributed by atoms with Crippen LogP contribution in [-0.2, 0) is 11.3 Å². The van der Waals surface area contributed by atoms with Gasteiger partial charge in [0.05, 0.1) is 0 Å². The third kappa shape index (κ3) is 6.32. The number of methoxy groups -OCH3 is 1. The van der Waals surface area contributed by atoms with E-state index in [0.717, 1.165) is 16.5 Å². The molecule has 0 heterocycles. The van der Waals surface area contributed by atoms with Gasteiger partial charge in [0.2, 0.25) is 0 Å². The van der Waals surface area contributed by atoms with Crippen molar-refractivity contribution >= 4 is 27.7 Å². The number of rotatable bonds is 8. The Balaban J connectivity index is 1.83. The number of hydrogen-bond acceptors (Lipinski definition) is 3. The van der Waals surface area contributed by atoms with Gasteiger partial charge in [-0.1, -0.05) is 34.1 Å². The van der Waals surface area contributed by atoms with Crippen LogP contribution in [0.15, 0.2) is 53.0 Å². The molecule has 6 heteroatoms. The molecule has 0 fully saturated rings. The predicted octanol–water partition coefficient (Wildman–Crippen LogP) is 3.15. The Kier molecular flexibility index (Phi) is 7.63. The van der Waals surface area contributed by atoms with Crippen molar-refractivity contribution in [3.63, 3.8) is 0 Å². The molecule has 0 aliphatic heterocycles. The molecule has 2 rings (SSSR count). The number of benzene rings is 2. The van der Waals surface area contributed by atoms with Gasteiger partial charge in [-0.3, -0.25) is 9.59 Å². The van der Waals surface area contributed by atoms with Crippen LogP contribution in [0.4, 0.5) is 0 Å². The molecule has 2 amide bonds. The third-order valence-corrected chi connectivity index (χ3v) is 4.06. The van der Waals surface area contributed by atoms with Crippen molar-refractivity contribution in [2.24, 2.45) is 0 Å². The summed E-state index contributed by atoms with van der Waals surface area (Å²) < 4.78 is 5.80. The summed E-state index contributed by atoms with van der Waals surface area (Å²) in [5, 5.41) is 5.70. The van der Waals surface area contributed by atoms with Gasteiger partial charge in [-0.05, 0) is 42.3 Å². The van der Waals surface area contributed by atoms with E-state index in [-0.39, 0.29) is 11.8 Å². The van der Waals surface area contributed by atoms with E-state index in [9.17, 15) is 9.59 Å². The van der Waals surface area contributed by atoms with Gasteiger partial charge >= 0.3 is 0 Å². The van der Waals surface area contributed by atoms with Crippen LogP contribution < -0.4 is 10.6 Å². The molecule has 0 spiro atoms. The summed E-state index contributed by atoms with van der Waals surface area (Å²) in [5.74, 6) is -0.248. The van der Waals surface area contributed by atoms with Crippen LogP contribution in [0.2, 0.25) is 0 Å². The minimum Gasteiger partial charge on any atom is -0.385 e. The van der Waals surface area contributed by atoms with E-state index < -0.39 is 0 Å². The zero-order chi connectivity index (χ0) is 18.1. The quantitative estimate of drug-likeness (QED) is 0.664. The maximum atomic E-state index is 12.1. The van der Waals surface area contributed by atoms with Gasteiger partial charge in [0.15, 0.2) is 0 Å². The highest BCUT2D eigenvalue weighted by Crippen LogP contribution is 2.12. The number of carbonyl (C=O) groups is 2. The van der Waals surface area contributed by atoms with E-state index in [1.54, 1.807) is 31.4 Å². The molecule has 0 unspecified atom stereocenters. The molecular weight excluding hydrogens is 384 g/mol. The number of hydrogen-bond donors (Lipinski definition) is 2. The second kappa shape index (κ2) is 9.96. The normalized spacial score (nSPS) is 10.3. The summed E-state index contributed by atoms with van der Waals surface area (Å²) in [6.45, 7) is 1.61. The fraction of sp³-hybridized carbons (Fsp3) is 0.263. The van der Waals surface area contributed by atoms with Gasteiger partial charge in [-0.15, -0.1) is 0 Å². The van der Waals surface area contributed by atoms with Crippen molar-refractivity contribution in [1.29, 1.82) is 0 Å². The first-order valence-electron chi connectivity index (χ1n) is 8.00. The fourth-order valence-corrected chi connectivity index (χ4v) is 2.61. The first-order chi connectivity index (χ1) is 12.1. The summed E-state index contributed by atoms with van der Waals surface area (Å²) >= 11 is 3.35.